The van der Waals surface area contributed by atoms with Crippen molar-refractivity contribution in [3.8, 4) is 5.75 Å². The van der Waals surface area contributed by atoms with Crippen molar-refractivity contribution in [1.29, 1.82) is 0 Å². The molecule has 5 rings (SSSR count). The molecular weight excluding hydrogens is 494 g/mol. The van der Waals surface area contributed by atoms with E-state index in [0.29, 0.717) is 47.6 Å². The average Bonchev–Trinajstić information content (AvgIpc) is 3.78. The number of amides is 1. The first-order chi connectivity index (χ1) is 19.0. The SMILES string of the molecule is O=C(Nc1cccc(C(CCCc2c(O)cc(CC3CCOCC3)oc2=O)C2CC2)c1)OCc1ccccc1. The van der Waals surface area contributed by atoms with Crippen LogP contribution in [0.2, 0.25) is 0 Å². The number of ether oxygens (including phenoxy) is 2. The van der Waals surface area contributed by atoms with E-state index in [1.807, 2.05) is 48.5 Å². The largest absolute Gasteiger partial charge is 0.507 e. The summed E-state index contributed by atoms with van der Waals surface area (Å²) < 4.78 is 16.4. The Kier molecular flexibility index (Phi) is 8.99. The number of aromatic hydroxyl groups is 1. The molecule has 2 fully saturated rings. The molecule has 206 valence electrons. The van der Waals surface area contributed by atoms with Gasteiger partial charge in [-0.1, -0.05) is 42.5 Å². The van der Waals surface area contributed by atoms with Gasteiger partial charge < -0.3 is 19.0 Å². The van der Waals surface area contributed by atoms with Crippen molar-refractivity contribution < 1.29 is 23.8 Å². The number of nitrogens with one attached hydrogen (secondary N) is 1. The van der Waals surface area contributed by atoms with Gasteiger partial charge in [0.2, 0.25) is 0 Å². The third-order valence-electron chi connectivity index (χ3n) is 7.81. The summed E-state index contributed by atoms with van der Waals surface area (Å²) in [5, 5.41) is 13.4. The molecule has 0 bridgehead atoms. The quantitative estimate of drug-likeness (QED) is 0.290. The van der Waals surface area contributed by atoms with Gasteiger partial charge in [0.1, 0.15) is 18.1 Å². The van der Waals surface area contributed by atoms with Crippen LogP contribution in [0.15, 0.2) is 69.9 Å². The molecule has 0 spiro atoms. The predicted molar refractivity (Wildman–Crippen MR) is 149 cm³/mol. The number of anilines is 1. The lowest BCUT2D eigenvalue weighted by molar-refractivity contribution is 0.0648. The van der Waals surface area contributed by atoms with Crippen LogP contribution in [-0.2, 0) is 28.9 Å². The predicted octanol–water partition coefficient (Wildman–Crippen LogP) is 6.58. The van der Waals surface area contributed by atoms with Gasteiger partial charge in [-0.3, -0.25) is 5.32 Å². The van der Waals surface area contributed by atoms with Gasteiger partial charge in [0.05, 0.1) is 5.56 Å². The first-order valence-corrected chi connectivity index (χ1v) is 14.1. The summed E-state index contributed by atoms with van der Waals surface area (Å²) in [4.78, 5) is 25.0. The summed E-state index contributed by atoms with van der Waals surface area (Å²) in [6.07, 6.45) is 6.53. The van der Waals surface area contributed by atoms with Crippen molar-refractivity contribution in [3.05, 3.63) is 93.5 Å². The molecule has 1 saturated carbocycles. The highest BCUT2D eigenvalue weighted by atomic mass is 16.5. The Balaban J connectivity index is 1.16. The fourth-order valence-electron chi connectivity index (χ4n) is 5.52. The number of hydrogen-bond donors (Lipinski definition) is 2. The van der Waals surface area contributed by atoms with Gasteiger partial charge in [-0.2, -0.15) is 0 Å². The van der Waals surface area contributed by atoms with Crippen molar-refractivity contribution >= 4 is 11.8 Å². The molecule has 1 aliphatic heterocycles. The van der Waals surface area contributed by atoms with Crippen LogP contribution in [-0.4, -0.2) is 24.4 Å². The van der Waals surface area contributed by atoms with Gasteiger partial charge in [-0.25, -0.2) is 9.59 Å². The van der Waals surface area contributed by atoms with E-state index in [1.165, 1.54) is 18.4 Å². The van der Waals surface area contributed by atoms with E-state index in [4.69, 9.17) is 13.9 Å². The zero-order valence-corrected chi connectivity index (χ0v) is 22.3. The summed E-state index contributed by atoms with van der Waals surface area (Å²) in [7, 11) is 0. The molecule has 2 aliphatic rings. The summed E-state index contributed by atoms with van der Waals surface area (Å²) in [5.74, 6) is 1.93. The third kappa shape index (κ3) is 7.73. The van der Waals surface area contributed by atoms with E-state index in [0.717, 1.165) is 44.5 Å². The zero-order valence-electron chi connectivity index (χ0n) is 22.3. The van der Waals surface area contributed by atoms with Crippen molar-refractivity contribution in [3.63, 3.8) is 0 Å². The summed E-state index contributed by atoms with van der Waals surface area (Å²) in [6, 6.07) is 19.1. The molecule has 2 N–H and O–H groups in total. The minimum Gasteiger partial charge on any atom is -0.507 e. The standard InChI is InChI=1S/C32H37NO6/c34-30-20-27(18-22-14-16-37-17-15-22)39-31(35)29(30)11-5-10-28(24-12-13-24)25-8-4-9-26(19-25)33-32(36)38-21-23-6-2-1-3-7-23/h1-4,6-9,19-20,22,24,28,34H,5,10-18,21H2,(H,33,36). The molecule has 1 amide bonds. The molecule has 2 heterocycles. The first kappa shape index (κ1) is 27.0. The van der Waals surface area contributed by atoms with E-state index in [9.17, 15) is 14.7 Å². The maximum atomic E-state index is 12.7. The fraction of sp³-hybridized carbons (Fsp3) is 0.438. The van der Waals surface area contributed by atoms with Gasteiger partial charge in [-0.05, 0) is 86.0 Å². The number of hydrogen-bond acceptors (Lipinski definition) is 6. The normalized spacial score (nSPS) is 16.5. The monoisotopic (exact) mass is 531 g/mol. The Hall–Kier alpha value is -3.58. The summed E-state index contributed by atoms with van der Waals surface area (Å²) >= 11 is 0. The number of benzene rings is 2. The number of carbonyl (C=O) groups excluding carboxylic acids is 1. The van der Waals surface area contributed by atoms with Crippen molar-refractivity contribution in [2.45, 2.75) is 63.9 Å². The molecule has 1 saturated heterocycles. The van der Waals surface area contributed by atoms with Crippen LogP contribution in [0.25, 0.3) is 0 Å². The topological polar surface area (TPSA) is 98.0 Å². The Labute approximate surface area is 229 Å². The van der Waals surface area contributed by atoms with Crippen LogP contribution in [0.4, 0.5) is 10.5 Å². The van der Waals surface area contributed by atoms with Crippen LogP contribution >= 0.6 is 0 Å². The Bertz CT molecular complexity index is 1290. The second kappa shape index (κ2) is 13.0. The zero-order chi connectivity index (χ0) is 27.0. The minimum absolute atomic E-state index is 0.0384. The highest BCUT2D eigenvalue weighted by molar-refractivity contribution is 5.84. The van der Waals surface area contributed by atoms with Crippen LogP contribution in [0.3, 0.4) is 0 Å². The molecule has 1 unspecified atom stereocenters. The smallest absolute Gasteiger partial charge is 0.411 e. The molecule has 7 nitrogen and oxygen atoms in total. The summed E-state index contributed by atoms with van der Waals surface area (Å²) in [6.45, 7) is 1.69. The molecule has 39 heavy (non-hydrogen) atoms. The van der Waals surface area contributed by atoms with Crippen LogP contribution < -0.4 is 10.9 Å². The second-order valence-corrected chi connectivity index (χ2v) is 10.8. The second-order valence-electron chi connectivity index (χ2n) is 10.8. The van der Waals surface area contributed by atoms with Crippen molar-refractivity contribution in [2.24, 2.45) is 11.8 Å². The average molecular weight is 532 g/mol. The lowest BCUT2D eigenvalue weighted by atomic mass is 9.88. The third-order valence-corrected chi connectivity index (χ3v) is 7.81. The molecule has 1 atom stereocenters. The summed E-state index contributed by atoms with van der Waals surface area (Å²) in [5.41, 5.74) is 2.73. The van der Waals surface area contributed by atoms with Gasteiger partial charge in [0, 0.05) is 31.4 Å². The van der Waals surface area contributed by atoms with E-state index in [1.54, 1.807) is 6.07 Å². The first-order valence-electron chi connectivity index (χ1n) is 14.1. The lowest BCUT2D eigenvalue weighted by Crippen LogP contribution is -2.18. The van der Waals surface area contributed by atoms with Crippen molar-refractivity contribution in [1.82, 2.24) is 0 Å². The lowest BCUT2D eigenvalue weighted by Gasteiger charge is -2.21. The molecule has 1 aromatic heterocycles. The molecule has 2 aromatic carbocycles. The van der Waals surface area contributed by atoms with Crippen LogP contribution in [0, 0.1) is 11.8 Å². The van der Waals surface area contributed by atoms with Gasteiger partial charge in [0.25, 0.3) is 0 Å². The van der Waals surface area contributed by atoms with E-state index in [-0.39, 0.29) is 12.4 Å². The van der Waals surface area contributed by atoms with Crippen molar-refractivity contribution in [2.75, 3.05) is 18.5 Å². The maximum absolute atomic E-state index is 12.7. The minimum atomic E-state index is -0.485. The molecule has 3 aromatic rings. The van der Waals surface area contributed by atoms with Gasteiger partial charge in [0.15, 0.2) is 0 Å². The van der Waals surface area contributed by atoms with Crippen LogP contribution in [0.5, 0.6) is 5.75 Å². The van der Waals surface area contributed by atoms with Gasteiger partial charge >= 0.3 is 11.7 Å². The molecular formula is C32H37NO6. The van der Waals surface area contributed by atoms with Gasteiger partial charge in [-0.15, -0.1) is 0 Å². The number of carbonyl (C=O) groups is 1. The van der Waals surface area contributed by atoms with E-state index < -0.39 is 11.7 Å². The highest BCUT2D eigenvalue weighted by Gasteiger charge is 2.32. The molecule has 0 radical (unpaired) electrons. The Morgan fingerprint density at radius 3 is 2.56 bits per heavy atom. The van der Waals surface area contributed by atoms with Crippen LogP contribution in [0.1, 0.15) is 66.9 Å². The Morgan fingerprint density at radius 2 is 1.82 bits per heavy atom. The fourth-order valence-corrected chi connectivity index (χ4v) is 5.52. The molecule has 7 heteroatoms. The van der Waals surface area contributed by atoms with E-state index >= 15 is 0 Å². The maximum Gasteiger partial charge on any atom is 0.411 e. The van der Waals surface area contributed by atoms with E-state index in [2.05, 4.69) is 11.4 Å². The molecule has 1 aliphatic carbocycles. The highest BCUT2D eigenvalue weighted by Crippen LogP contribution is 2.45. The Morgan fingerprint density at radius 1 is 1.03 bits per heavy atom. The number of rotatable bonds is 11.